The molecule has 0 spiro atoms. The Bertz CT molecular complexity index is 1980. The van der Waals surface area contributed by atoms with E-state index in [9.17, 15) is 33.6 Å². The fraction of sp³-hybridized carbons (Fsp3) is 0.462. The van der Waals surface area contributed by atoms with Crippen molar-refractivity contribution in [3.8, 4) is 6.07 Å². The summed E-state index contributed by atoms with van der Waals surface area (Å²) < 4.78 is 5.21. The summed E-state index contributed by atoms with van der Waals surface area (Å²) in [6, 6.07) is 7.45. The smallest absolute Gasteiger partial charge is 0.306 e. The third-order valence-corrected chi connectivity index (χ3v) is 6.40. The molecule has 0 saturated carbocycles. The molecule has 8 N–H and O–H groups in total. The van der Waals surface area contributed by atoms with Crippen LogP contribution in [0.3, 0.4) is 0 Å². The lowest BCUT2D eigenvalue weighted by atomic mass is 10.1. The summed E-state index contributed by atoms with van der Waals surface area (Å²) in [6.07, 6.45) is 0.723. The fourth-order valence-electron chi connectivity index (χ4n) is 4.37. The van der Waals surface area contributed by atoms with Crippen molar-refractivity contribution in [2.45, 2.75) is 108 Å². The van der Waals surface area contributed by atoms with Crippen molar-refractivity contribution in [1.82, 2.24) is 15.0 Å². The van der Waals surface area contributed by atoms with Crippen LogP contribution in [0.2, 0.25) is 0 Å². The molecule has 0 saturated heterocycles. The highest BCUT2D eigenvalue weighted by Crippen LogP contribution is 2.11. The predicted molar refractivity (Wildman–Crippen MR) is 218 cm³/mol. The number of halogens is 1. The van der Waals surface area contributed by atoms with Gasteiger partial charge in [-0.25, -0.2) is 6.57 Å². The van der Waals surface area contributed by atoms with E-state index in [0.717, 1.165) is 40.9 Å². The van der Waals surface area contributed by atoms with Gasteiger partial charge in [0.05, 0.1) is 6.42 Å². The maximum absolute atomic E-state index is 11.8. The number of aryl methyl sites for hydroxylation is 6. The number of aromatic nitrogens is 3. The van der Waals surface area contributed by atoms with E-state index < -0.39 is 11.5 Å². The lowest BCUT2D eigenvalue weighted by Gasteiger charge is -2.19. The molecule has 17 heteroatoms. The molecule has 1 amide bonds. The molecule has 0 unspecified atom stereocenters. The summed E-state index contributed by atoms with van der Waals surface area (Å²) in [4.78, 5) is 85.9. The number of esters is 1. The number of H-pyrrole nitrogens is 3. The number of carbonyl (C=O) groups is 4. The Kier molecular flexibility index (Phi) is 30.2. The van der Waals surface area contributed by atoms with Crippen LogP contribution in [-0.4, -0.2) is 62.8 Å². The van der Waals surface area contributed by atoms with Crippen molar-refractivity contribution in [2.75, 3.05) is 13.7 Å². The Hall–Kier alpha value is -5.68. The third-order valence-electron chi connectivity index (χ3n) is 6.40. The van der Waals surface area contributed by atoms with Crippen molar-refractivity contribution in [1.29, 1.82) is 5.26 Å². The number of rotatable bonds is 7. The lowest BCUT2D eigenvalue weighted by Crippen LogP contribution is -2.25. The molecule has 3 aromatic rings. The van der Waals surface area contributed by atoms with Gasteiger partial charge in [0.25, 0.3) is 29.1 Å². The van der Waals surface area contributed by atoms with Crippen molar-refractivity contribution < 1.29 is 29.0 Å². The SMILES string of the molecule is CC(=O)CC(C)=O.CO.Cc1cc(C)c(C#N)c(=O)[nH]1.Cc1cc(C)c(CCC(=O)OC(C)(C)C)c(=O)[nH]1.Cc1cc(C)c(CN)c(=O)[nH]1.Cl.[C-]#[N+]CC(N)=O. The maximum Gasteiger partial charge on any atom is 0.306 e. The van der Waals surface area contributed by atoms with Gasteiger partial charge in [0, 0.05) is 48.3 Å². The molecule has 0 radical (unpaired) electrons. The zero-order valence-electron chi connectivity index (χ0n) is 34.4. The molecule has 0 fully saturated rings. The van der Waals surface area contributed by atoms with E-state index in [1.807, 2.05) is 66.7 Å². The minimum absolute atomic E-state index is 0. The number of hydrogen-bond acceptors (Lipinski definition) is 11. The van der Waals surface area contributed by atoms with Crippen LogP contribution in [0.15, 0.2) is 32.6 Å². The molecule has 16 nitrogen and oxygen atoms in total. The number of pyridine rings is 3. The number of ether oxygens (including phenoxy) is 1. The second kappa shape index (κ2) is 29.6. The van der Waals surface area contributed by atoms with Gasteiger partial charge in [-0.3, -0.25) is 33.6 Å². The highest BCUT2D eigenvalue weighted by molar-refractivity contribution is 5.96. The molecular formula is C39H58ClN7O9. The van der Waals surface area contributed by atoms with Crippen LogP contribution in [0.25, 0.3) is 4.85 Å². The van der Waals surface area contributed by atoms with Gasteiger partial charge in [-0.15, -0.1) is 12.4 Å². The zero-order chi connectivity index (χ0) is 43.6. The molecule has 3 rings (SSSR count). The maximum atomic E-state index is 11.8. The number of aliphatic hydroxyl groups excluding tert-OH is 1. The van der Waals surface area contributed by atoms with Crippen molar-refractivity contribution >= 4 is 35.9 Å². The molecule has 310 valence electrons. The molecule has 0 atom stereocenters. The number of ketones is 2. The van der Waals surface area contributed by atoms with Gasteiger partial charge in [0.2, 0.25) is 0 Å². The molecule has 0 aliphatic heterocycles. The van der Waals surface area contributed by atoms with Crippen LogP contribution in [0.4, 0.5) is 0 Å². The Morgan fingerprint density at radius 3 is 1.46 bits per heavy atom. The summed E-state index contributed by atoms with van der Waals surface area (Å²) in [7, 11) is 1.00. The Balaban J connectivity index is -0.000000313. The van der Waals surface area contributed by atoms with Gasteiger partial charge in [0.15, 0.2) is 0 Å². The number of aromatic amines is 3. The van der Waals surface area contributed by atoms with Crippen LogP contribution in [0.1, 0.15) is 97.9 Å². The van der Waals surface area contributed by atoms with Gasteiger partial charge < -0.3 is 41.1 Å². The number of nitrogens with one attached hydrogen (secondary N) is 3. The van der Waals surface area contributed by atoms with Crippen molar-refractivity contribution in [3.05, 3.63) is 111 Å². The number of Topliss-reactive ketones (excluding diaryl/α,β-unsaturated/α-hetero) is 2. The number of amides is 1. The minimum Gasteiger partial charge on any atom is -0.460 e. The summed E-state index contributed by atoms with van der Waals surface area (Å²) in [6.45, 7) is 25.5. The number of primary amides is 1. The first-order valence-corrected chi connectivity index (χ1v) is 16.8. The van der Waals surface area contributed by atoms with Crippen molar-refractivity contribution in [3.63, 3.8) is 0 Å². The quantitative estimate of drug-likeness (QED) is 0.114. The standard InChI is InChI=1S/C14H21NO3.C8H12N2O.C8H8N2O.C5H8O2.C3H4N2O.CH4O.ClH/c1-9-8-10(2)15-13(17)11(9)6-7-12(16)18-14(3,4)5;2*1-5-3-6(2)10-8(11)7(5)4-9;1-4(6)3-5(2)7;1-5-2-3(4)6;1-2;/h8H,6-7H2,1-5H3,(H,15,17);3H,4,9H2,1-2H3,(H,10,11);3H,1-2H3,(H,10,11);3H2,1-2H3;2H2,(H2,4,6);2H,1H3;1H. The zero-order valence-corrected chi connectivity index (χ0v) is 35.3. The number of nitrogens with zero attached hydrogens (tertiary/aromatic N) is 2. The average Bonchev–Trinajstić information content (AvgIpc) is 3.01. The Labute approximate surface area is 334 Å². The molecule has 56 heavy (non-hydrogen) atoms. The summed E-state index contributed by atoms with van der Waals surface area (Å²) in [5, 5.41) is 15.5. The van der Waals surface area contributed by atoms with E-state index in [4.69, 9.17) is 27.4 Å². The van der Waals surface area contributed by atoms with Crippen LogP contribution in [0.5, 0.6) is 0 Å². The molecule has 3 heterocycles. The van der Waals surface area contributed by atoms with Crippen LogP contribution < -0.4 is 28.1 Å². The minimum atomic E-state index is -0.565. The van der Waals surface area contributed by atoms with Gasteiger partial charge in [-0.1, -0.05) is 0 Å². The van der Waals surface area contributed by atoms with Gasteiger partial charge in [-0.05, 0) is 117 Å². The highest BCUT2D eigenvalue weighted by atomic mass is 35.5. The predicted octanol–water partition coefficient (Wildman–Crippen LogP) is 3.56. The highest BCUT2D eigenvalue weighted by Gasteiger charge is 2.17. The number of aliphatic hydroxyl groups is 1. The summed E-state index contributed by atoms with van der Waals surface area (Å²) in [5.41, 5.74) is 15.6. The summed E-state index contributed by atoms with van der Waals surface area (Å²) >= 11 is 0. The van der Waals surface area contributed by atoms with Gasteiger partial charge in [-0.2, -0.15) is 5.26 Å². The van der Waals surface area contributed by atoms with Gasteiger partial charge >= 0.3 is 5.97 Å². The van der Waals surface area contributed by atoms with Crippen LogP contribution in [0, 0.1) is 59.4 Å². The third kappa shape index (κ3) is 27.0. The van der Waals surface area contributed by atoms with E-state index in [2.05, 4.69) is 25.5 Å². The van der Waals surface area contributed by atoms with E-state index in [0.29, 0.717) is 24.1 Å². The number of carbonyl (C=O) groups excluding carboxylic acids is 4. The fourth-order valence-corrected chi connectivity index (χ4v) is 4.37. The largest absolute Gasteiger partial charge is 0.460 e. The molecule has 0 aromatic carbocycles. The monoisotopic (exact) mass is 803 g/mol. The topological polar surface area (TPSA) is 277 Å². The number of nitrogens with two attached hydrogens (primary N) is 2. The molecule has 0 aliphatic rings. The van der Waals surface area contributed by atoms with Crippen molar-refractivity contribution in [2.24, 2.45) is 11.5 Å². The van der Waals surface area contributed by atoms with Crippen LogP contribution >= 0.6 is 12.4 Å². The molecule has 3 aromatic heterocycles. The molecular weight excluding hydrogens is 746 g/mol. The van der Waals surface area contributed by atoms with Crippen LogP contribution in [-0.2, 0) is 36.9 Å². The molecule has 0 bridgehead atoms. The van der Waals surface area contributed by atoms with E-state index in [1.54, 1.807) is 19.9 Å². The first kappa shape index (κ1) is 57.0. The van der Waals surface area contributed by atoms with Gasteiger partial charge in [0.1, 0.15) is 28.8 Å². The normalized spacial score (nSPS) is 9.29. The molecule has 0 aliphatic carbocycles. The van der Waals surface area contributed by atoms with E-state index in [1.165, 1.54) is 13.8 Å². The first-order chi connectivity index (χ1) is 25.4. The van der Waals surface area contributed by atoms with E-state index in [-0.39, 0.29) is 71.6 Å². The number of nitriles is 1. The first-order valence-electron chi connectivity index (χ1n) is 16.8. The lowest BCUT2D eigenvalue weighted by molar-refractivity contribution is -0.154. The average molecular weight is 804 g/mol. The Morgan fingerprint density at radius 1 is 0.804 bits per heavy atom. The Morgan fingerprint density at radius 2 is 1.20 bits per heavy atom. The second-order valence-electron chi connectivity index (χ2n) is 13.0. The number of hydrogen-bond donors (Lipinski definition) is 6. The van der Waals surface area contributed by atoms with E-state index >= 15 is 0 Å². The second-order valence-corrected chi connectivity index (χ2v) is 13.0. The summed E-state index contributed by atoms with van der Waals surface area (Å²) in [5.74, 6) is -0.966.